The van der Waals surface area contributed by atoms with Crippen LogP contribution in [0.25, 0.3) is 22.2 Å². The number of nitrogens with one attached hydrogen (secondary N) is 2. The van der Waals surface area contributed by atoms with Gasteiger partial charge in [0.1, 0.15) is 35.2 Å². The van der Waals surface area contributed by atoms with E-state index >= 15 is 0 Å². The molecule has 3 amide bonds. The molecule has 0 bridgehead atoms. The van der Waals surface area contributed by atoms with E-state index in [1.807, 2.05) is 60.7 Å². The van der Waals surface area contributed by atoms with Crippen LogP contribution in [0.3, 0.4) is 0 Å². The van der Waals surface area contributed by atoms with Crippen LogP contribution in [-0.4, -0.2) is 83.8 Å². The van der Waals surface area contributed by atoms with Gasteiger partial charge in [-0.25, -0.2) is 9.78 Å². The van der Waals surface area contributed by atoms with Gasteiger partial charge in [0.15, 0.2) is 5.81 Å². The number of carbonyl (C=O) groups is 4. The number of amides is 3. The van der Waals surface area contributed by atoms with Crippen LogP contribution >= 0.6 is 0 Å². The van der Waals surface area contributed by atoms with E-state index in [0.717, 1.165) is 30.2 Å². The molecule has 242 valence electrons. The summed E-state index contributed by atoms with van der Waals surface area (Å²) in [5.41, 5.74) is 0.759. The fraction of sp³-hybridized carbons (Fsp3) is 0.400. The molecular formula is C35H37BN4O7. The summed E-state index contributed by atoms with van der Waals surface area (Å²) < 4.78 is 12.0. The van der Waals surface area contributed by atoms with Gasteiger partial charge < -0.3 is 30.1 Å². The maximum Gasteiger partial charge on any atom is 0.330 e. The van der Waals surface area contributed by atoms with Gasteiger partial charge in [0.2, 0.25) is 19.7 Å². The number of carboxylic acids is 1. The molecule has 1 saturated carbocycles. The predicted molar refractivity (Wildman–Crippen MR) is 175 cm³/mol. The third-order valence-electron chi connectivity index (χ3n) is 9.28. The van der Waals surface area contributed by atoms with Crippen molar-refractivity contribution in [3.05, 3.63) is 66.7 Å². The molecule has 5 atom stereocenters. The van der Waals surface area contributed by atoms with Gasteiger partial charge in [0.05, 0.1) is 24.9 Å². The van der Waals surface area contributed by atoms with Crippen LogP contribution in [-0.2, 0) is 14.4 Å². The van der Waals surface area contributed by atoms with E-state index in [4.69, 9.17) is 22.3 Å². The Kier molecular flexibility index (Phi) is 9.20. The average Bonchev–Trinajstić information content (AvgIpc) is 3.60. The number of pyridine rings is 1. The summed E-state index contributed by atoms with van der Waals surface area (Å²) in [5.74, 6) is -2.20. The molecule has 12 heteroatoms. The Morgan fingerprint density at radius 2 is 1.91 bits per heavy atom. The van der Waals surface area contributed by atoms with Gasteiger partial charge in [-0.2, -0.15) is 0 Å². The minimum Gasteiger partial charge on any atom is -0.497 e. The molecular weight excluding hydrogens is 599 g/mol. The first kappa shape index (κ1) is 32.1. The second kappa shape index (κ2) is 13.5. The first-order valence-corrected chi connectivity index (χ1v) is 16.0. The quantitative estimate of drug-likeness (QED) is 0.272. The lowest BCUT2D eigenvalue weighted by Crippen LogP contribution is -2.56. The fourth-order valence-corrected chi connectivity index (χ4v) is 6.66. The molecule has 0 spiro atoms. The van der Waals surface area contributed by atoms with Gasteiger partial charge in [0.25, 0.3) is 0 Å². The van der Waals surface area contributed by atoms with Crippen molar-refractivity contribution < 1.29 is 33.8 Å². The van der Waals surface area contributed by atoms with Crippen LogP contribution in [0.15, 0.2) is 66.7 Å². The van der Waals surface area contributed by atoms with Gasteiger partial charge in [-0.05, 0) is 37.8 Å². The maximum absolute atomic E-state index is 14.0. The van der Waals surface area contributed by atoms with Gasteiger partial charge in [-0.3, -0.25) is 14.4 Å². The van der Waals surface area contributed by atoms with E-state index in [9.17, 15) is 24.3 Å². The Hall–Kier alpha value is -4.87. The number of ether oxygens (including phenoxy) is 2. The highest BCUT2D eigenvalue weighted by Gasteiger charge is 2.61. The number of hydrogen-bond acceptors (Lipinski definition) is 7. The van der Waals surface area contributed by atoms with E-state index in [1.54, 1.807) is 13.2 Å². The number of rotatable bonds is 6. The molecule has 3 heterocycles. The number of carboxylic acid groups (broad SMARTS) is 1. The highest BCUT2D eigenvalue weighted by Crippen LogP contribution is 2.45. The number of aliphatic carboxylic acids is 1. The first-order chi connectivity index (χ1) is 22.7. The van der Waals surface area contributed by atoms with Crippen molar-refractivity contribution in [2.75, 3.05) is 13.7 Å². The van der Waals surface area contributed by atoms with Gasteiger partial charge in [-0.1, -0.05) is 55.3 Å². The van der Waals surface area contributed by atoms with Crippen molar-refractivity contribution >= 4 is 42.3 Å². The molecule has 1 aliphatic carbocycles. The lowest BCUT2D eigenvalue weighted by Gasteiger charge is -2.29. The number of nitrogens with zero attached hydrogens (tertiary/aromatic N) is 2. The molecule has 1 unspecified atom stereocenters. The van der Waals surface area contributed by atoms with Crippen LogP contribution in [0.5, 0.6) is 11.5 Å². The fourth-order valence-electron chi connectivity index (χ4n) is 6.66. The molecule has 1 aromatic heterocycles. The average molecular weight is 637 g/mol. The Balaban J connectivity index is 1.34. The summed E-state index contributed by atoms with van der Waals surface area (Å²) in [6, 6.07) is 15.0. The van der Waals surface area contributed by atoms with Crippen LogP contribution < -0.4 is 20.1 Å². The molecule has 2 aromatic carbocycles. The minimum absolute atomic E-state index is 0.0396. The summed E-state index contributed by atoms with van der Waals surface area (Å²) in [4.78, 5) is 58.5. The molecule has 3 N–H and O–H groups in total. The van der Waals surface area contributed by atoms with Crippen LogP contribution in [0, 0.1) is 5.92 Å². The van der Waals surface area contributed by atoms with Crippen molar-refractivity contribution in [3.8, 4) is 22.8 Å². The first-order valence-electron chi connectivity index (χ1n) is 16.0. The molecule has 3 aromatic rings. The number of methoxy groups -OCH3 is 1. The summed E-state index contributed by atoms with van der Waals surface area (Å²) in [7, 11) is 7.04. The molecule has 2 aliphatic heterocycles. The van der Waals surface area contributed by atoms with E-state index in [1.165, 1.54) is 4.90 Å². The second-order valence-corrected chi connectivity index (χ2v) is 12.4. The zero-order valence-electron chi connectivity index (χ0n) is 26.2. The SMILES string of the molecule is [B]C(=O)N[C@H]1CCCCC/C=C\C2C[C@@]2(C(=O)O)NC(=O)[C@@H]2C[C@@H](Oc3cc(-c4ccccc4)nc4cc(OC)ccc34)CN2C1=O. The zero-order chi connectivity index (χ0) is 33.1. The third-order valence-corrected chi connectivity index (χ3v) is 9.28. The number of fused-ring (bicyclic) bond motifs is 3. The molecule has 2 fully saturated rings. The smallest absolute Gasteiger partial charge is 0.330 e. The molecule has 47 heavy (non-hydrogen) atoms. The number of allylic oxidation sites excluding steroid dienone is 1. The van der Waals surface area contributed by atoms with E-state index in [0.29, 0.717) is 35.6 Å². The van der Waals surface area contributed by atoms with Crippen molar-refractivity contribution in [3.63, 3.8) is 0 Å². The second-order valence-electron chi connectivity index (χ2n) is 12.4. The number of hydrogen-bond donors (Lipinski definition) is 3. The van der Waals surface area contributed by atoms with Crippen molar-refractivity contribution in [2.45, 2.75) is 68.7 Å². The van der Waals surface area contributed by atoms with E-state index in [2.05, 4.69) is 10.6 Å². The Morgan fingerprint density at radius 3 is 2.66 bits per heavy atom. The van der Waals surface area contributed by atoms with Crippen LogP contribution in [0.1, 0.15) is 44.9 Å². The topological polar surface area (TPSA) is 147 Å². The lowest BCUT2D eigenvalue weighted by atomic mass is 10.0. The maximum atomic E-state index is 14.0. The van der Waals surface area contributed by atoms with Crippen LogP contribution in [0.2, 0.25) is 0 Å². The number of benzene rings is 2. The summed E-state index contributed by atoms with van der Waals surface area (Å²) in [5, 5.41) is 16.2. The highest BCUT2D eigenvalue weighted by molar-refractivity contribution is 6.57. The summed E-state index contributed by atoms with van der Waals surface area (Å²) in [6.45, 7) is 0.0396. The van der Waals surface area contributed by atoms with Crippen molar-refractivity contribution in [2.24, 2.45) is 5.92 Å². The third kappa shape index (κ3) is 6.82. The standard InChI is InChI=1S/C35H37BN4O7/c1-46-23-14-15-25-28(16-23)37-27(21-10-6-5-7-11-21)18-30(25)47-24-17-29-31(41)39-35(33(43)44)19-22(35)12-8-3-2-4-9-13-26(38-34(36)45)32(42)40(29)20-24/h5-8,10-12,14-16,18,22,24,26,29H,2-4,9,13,17,19-20H2,1H3,(H,38,45)(H,39,41)(H,43,44)/b12-8-/t22?,24-,26+,29+,35-/m1/s1. The highest BCUT2D eigenvalue weighted by atomic mass is 16.5. The normalized spacial score (nSPS) is 27.0. The van der Waals surface area contributed by atoms with Gasteiger partial charge in [-0.15, -0.1) is 0 Å². The number of aromatic nitrogens is 1. The van der Waals surface area contributed by atoms with E-state index < -0.39 is 47.3 Å². The summed E-state index contributed by atoms with van der Waals surface area (Å²) in [6.07, 6.45) is 6.97. The Morgan fingerprint density at radius 1 is 1.11 bits per heavy atom. The zero-order valence-corrected chi connectivity index (χ0v) is 26.2. The Labute approximate surface area is 274 Å². The molecule has 6 rings (SSSR count). The minimum atomic E-state index is -1.43. The molecule has 11 nitrogen and oxygen atoms in total. The largest absolute Gasteiger partial charge is 0.497 e. The van der Waals surface area contributed by atoms with Crippen molar-refractivity contribution in [1.82, 2.24) is 20.5 Å². The lowest BCUT2D eigenvalue weighted by molar-refractivity contribution is -0.145. The van der Waals surface area contributed by atoms with Gasteiger partial charge in [0, 0.05) is 35.4 Å². The predicted octanol–water partition coefficient (Wildman–Crippen LogP) is 3.99. The van der Waals surface area contributed by atoms with Crippen LogP contribution in [0.4, 0.5) is 4.79 Å². The molecule has 3 aliphatic rings. The van der Waals surface area contributed by atoms with Gasteiger partial charge >= 0.3 is 5.97 Å². The van der Waals surface area contributed by atoms with Crippen molar-refractivity contribution in [1.29, 1.82) is 0 Å². The summed E-state index contributed by atoms with van der Waals surface area (Å²) >= 11 is 0. The number of carbonyl (C=O) groups excluding carboxylic acids is 3. The van der Waals surface area contributed by atoms with E-state index in [-0.39, 0.29) is 25.3 Å². The Bertz CT molecular complexity index is 1720. The monoisotopic (exact) mass is 636 g/mol. The molecule has 1 saturated heterocycles. The molecule has 2 radical (unpaired) electrons.